The SMILES string of the molecule is CC(C#N)C1C=C([Si](C)(C)C)c2ccccc2N1[Si](C)(C)C. The minimum Gasteiger partial charge on any atom is -0.390 e. The highest BCUT2D eigenvalue weighted by Gasteiger charge is 2.39. The van der Waals surface area contributed by atoms with Crippen LogP contribution >= 0.6 is 0 Å². The Labute approximate surface area is 137 Å². The number of anilines is 1. The molecule has 1 aromatic rings. The minimum atomic E-state index is -1.59. The molecule has 0 N–H and O–H groups in total. The summed E-state index contributed by atoms with van der Waals surface area (Å²) in [6.45, 7) is 16.4. The molecule has 2 nitrogen and oxygen atoms in total. The predicted molar refractivity (Wildman–Crippen MR) is 102 cm³/mol. The molecule has 0 radical (unpaired) electrons. The van der Waals surface area contributed by atoms with Crippen molar-refractivity contribution >= 4 is 27.2 Å². The van der Waals surface area contributed by atoms with E-state index in [2.05, 4.69) is 87.2 Å². The van der Waals surface area contributed by atoms with Gasteiger partial charge in [0, 0.05) is 5.69 Å². The van der Waals surface area contributed by atoms with Crippen LogP contribution in [0.25, 0.3) is 5.20 Å². The number of hydrogen-bond acceptors (Lipinski definition) is 2. The maximum atomic E-state index is 9.53. The number of rotatable bonds is 3. The van der Waals surface area contributed by atoms with E-state index in [1.165, 1.54) is 16.4 Å². The Morgan fingerprint density at radius 3 is 2.18 bits per heavy atom. The van der Waals surface area contributed by atoms with Gasteiger partial charge in [0.2, 0.25) is 0 Å². The number of para-hydroxylation sites is 1. The molecule has 1 aliphatic heterocycles. The molecule has 0 fully saturated rings. The molecule has 22 heavy (non-hydrogen) atoms. The van der Waals surface area contributed by atoms with Gasteiger partial charge in [0.25, 0.3) is 0 Å². The molecule has 0 saturated carbocycles. The van der Waals surface area contributed by atoms with Crippen LogP contribution < -0.4 is 4.57 Å². The van der Waals surface area contributed by atoms with E-state index in [1.807, 2.05) is 0 Å². The number of benzene rings is 1. The zero-order chi connectivity index (χ0) is 16.7. The standard InChI is InChI=1S/C18H28N2Si2/c1-14(13-19)17-12-18(21(2,3)4)15-10-8-9-11-16(15)20(17)22(5,6)7/h8-12,14,17H,1-7H3. The van der Waals surface area contributed by atoms with Crippen LogP contribution in [-0.2, 0) is 0 Å². The zero-order valence-corrected chi connectivity index (χ0v) is 16.9. The van der Waals surface area contributed by atoms with Crippen LogP contribution in [0.2, 0.25) is 39.3 Å². The van der Waals surface area contributed by atoms with E-state index in [4.69, 9.17) is 0 Å². The quantitative estimate of drug-likeness (QED) is 0.719. The summed E-state index contributed by atoms with van der Waals surface area (Å²) in [5, 5.41) is 11.0. The first kappa shape index (κ1) is 17.0. The van der Waals surface area contributed by atoms with Crippen molar-refractivity contribution in [3.63, 3.8) is 0 Å². The highest BCUT2D eigenvalue weighted by molar-refractivity contribution is 6.94. The van der Waals surface area contributed by atoms with Crippen molar-refractivity contribution in [3.8, 4) is 6.07 Å². The Balaban J connectivity index is 2.72. The van der Waals surface area contributed by atoms with Crippen molar-refractivity contribution in [1.82, 2.24) is 0 Å². The molecule has 1 aromatic carbocycles. The smallest absolute Gasteiger partial charge is 0.148 e. The van der Waals surface area contributed by atoms with Gasteiger partial charge < -0.3 is 4.57 Å². The van der Waals surface area contributed by atoms with Gasteiger partial charge in [0.05, 0.1) is 26.1 Å². The van der Waals surface area contributed by atoms with Gasteiger partial charge in [-0.1, -0.05) is 68.8 Å². The third-order valence-corrected chi connectivity index (χ3v) is 8.37. The molecule has 0 aliphatic carbocycles. The van der Waals surface area contributed by atoms with Crippen LogP contribution in [0.1, 0.15) is 12.5 Å². The summed E-state index contributed by atoms with van der Waals surface area (Å²) in [5.74, 6) is 0.00595. The monoisotopic (exact) mass is 328 g/mol. The highest BCUT2D eigenvalue weighted by atomic mass is 28.3. The summed E-state index contributed by atoms with van der Waals surface area (Å²) in [6, 6.07) is 11.5. The summed E-state index contributed by atoms with van der Waals surface area (Å²) >= 11 is 0. The van der Waals surface area contributed by atoms with Crippen molar-refractivity contribution in [2.45, 2.75) is 52.2 Å². The first-order valence-corrected chi connectivity index (χ1v) is 15.0. The lowest BCUT2D eigenvalue weighted by Crippen LogP contribution is -2.56. The van der Waals surface area contributed by atoms with Crippen molar-refractivity contribution in [2.75, 3.05) is 4.57 Å². The summed E-state index contributed by atoms with van der Waals surface area (Å²) < 4.78 is 2.57. The maximum Gasteiger partial charge on any atom is 0.148 e. The Hall–Kier alpha value is -1.32. The topological polar surface area (TPSA) is 27.0 Å². The number of nitriles is 1. The molecule has 2 rings (SSSR count). The van der Waals surface area contributed by atoms with Crippen LogP contribution in [-0.4, -0.2) is 22.4 Å². The van der Waals surface area contributed by atoms with Crippen LogP contribution in [0.3, 0.4) is 0 Å². The van der Waals surface area contributed by atoms with Crippen LogP contribution in [0, 0.1) is 17.2 Å². The lowest BCUT2D eigenvalue weighted by Gasteiger charge is -2.48. The molecule has 118 valence electrons. The fraction of sp³-hybridized carbons (Fsp3) is 0.500. The van der Waals surface area contributed by atoms with Gasteiger partial charge in [-0.15, -0.1) is 0 Å². The van der Waals surface area contributed by atoms with Crippen molar-refractivity contribution in [1.29, 1.82) is 5.26 Å². The second-order valence-corrected chi connectivity index (χ2v) is 18.2. The molecule has 0 aromatic heterocycles. The highest BCUT2D eigenvalue weighted by Crippen LogP contribution is 2.42. The molecule has 0 spiro atoms. The summed E-state index contributed by atoms with van der Waals surface area (Å²) in [6.07, 6.45) is 2.42. The second kappa shape index (κ2) is 5.71. The zero-order valence-electron chi connectivity index (χ0n) is 14.9. The molecular weight excluding hydrogens is 300 g/mol. The molecule has 1 aliphatic rings. The Bertz CT molecular complexity index is 630. The normalized spacial score (nSPS) is 20.0. The Morgan fingerprint density at radius 2 is 1.68 bits per heavy atom. The van der Waals surface area contributed by atoms with Gasteiger partial charge in [-0.05, 0) is 18.6 Å². The van der Waals surface area contributed by atoms with Crippen LogP contribution in [0.5, 0.6) is 0 Å². The third kappa shape index (κ3) is 3.06. The first-order valence-electron chi connectivity index (χ1n) is 8.08. The molecular formula is C18H28N2Si2. The van der Waals surface area contributed by atoms with Gasteiger partial charge in [-0.2, -0.15) is 5.26 Å². The molecule has 2 atom stereocenters. The van der Waals surface area contributed by atoms with Crippen molar-refractivity contribution in [3.05, 3.63) is 35.9 Å². The second-order valence-electron chi connectivity index (χ2n) is 8.30. The number of fused-ring (bicyclic) bond motifs is 1. The van der Waals surface area contributed by atoms with E-state index in [1.54, 1.807) is 0 Å². The summed E-state index contributed by atoms with van der Waals surface area (Å²) in [5.41, 5.74) is 2.74. The van der Waals surface area contributed by atoms with E-state index >= 15 is 0 Å². The van der Waals surface area contributed by atoms with E-state index in [-0.39, 0.29) is 12.0 Å². The molecule has 1 heterocycles. The largest absolute Gasteiger partial charge is 0.390 e. The van der Waals surface area contributed by atoms with Crippen LogP contribution in [0.4, 0.5) is 5.69 Å². The molecule has 0 bridgehead atoms. The van der Waals surface area contributed by atoms with E-state index < -0.39 is 16.3 Å². The third-order valence-electron chi connectivity index (χ3n) is 4.34. The molecule has 2 unspecified atom stereocenters. The van der Waals surface area contributed by atoms with Gasteiger partial charge in [0.15, 0.2) is 0 Å². The predicted octanol–water partition coefficient (Wildman–Crippen LogP) is 5.13. The number of nitrogens with zero attached hydrogens (tertiary/aromatic N) is 2. The Morgan fingerprint density at radius 1 is 1.09 bits per heavy atom. The molecule has 0 amide bonds. The minimum absolute atomic E-state index is 0.00595. The summed E-state index contributed by atoms with van der Waals surface area (Å²) in [7, 11) is -3.04. The molecule has 0 saturated heterocycles. The number of hydrogen-bond donors (Lipinski definition) is 0. The lowest BCUT2D eigenvalue weighted by molar-refractivity contribution is 0.634. The van der Waals surface area contributed by atoms with Gasteiger partial charge >= 0.3 is 0 Å². The maximum absolute atomic E-state index is 9.53. The average Bonchev–Trinajstić information content (AvgIpc) is 2.42. The lowest BCUT2D eigenvalue weighted by atomic mass is 9.97. The first-order chi connectivity index (χ1) is 10.1. The van der Waals surface area contributed by atoms with Gasteiger partial charge in [0.1, 0.15) is 8.24 Å². The fourth-order valence-electron chi connectivity index (χ4n) is 3.31. The van der Waals surface area contributed by atoms with E-state index in [0.29, 0.717) is 0 Å². The van der Waals surface area contributed by atoms with E-state index in [9.17, 15) is 5.26 Å². The van der Waals surface area contributed by atoms with Crippen LogP contribution in [0.15, 0.2) is 30.3 Å². The average molecular weight is 329 g/mol. The van der Waals surface area contributed by atoms with E-state index in [0.717, 1.165) is 0 Å². The summed E-state index contributed by atoms with van der Waals surface area (Å²) in [4.78, 5) is 0. The van der Waals surface area contributed by atoms with Crippen molar-refractivity contribution < 1.29 is 0 Å². The van der Waals surface area contributed by atoms with Gasteiger partial charge in [-0.25, -0.2) is 0 Å². The van der Waals surface area contributed by atoms with Gasteiger partial charge in [-0.3, -0.25) is 0 Å². The molecule has 4 heteroatoms. The van der Waals surface area contributed by atoms with Crippen molar-refractivity contribution in [2.24, 2.45) is 5.92 Å². The Kier molecular flexibility index (Phi) is 4.43. The fourth-order valence-corrected chi connectivity index (χ4v) is 7.11.